The molecule has 2 N–H and O–H groups in total. The number of carbonyl (C=O) groups excluding carboxylic acids is 2. The summed E-state index contributed by atoms with van der Waals surface area (Å²) < 4.78 is 41.2. The first kappa shape index (κ1) is 18.8. The Morgan fingerprint density at radius 3 is 2.30 bits per heavy atom. The lowest BCUT2D eigenvalue weighted by Crippen LogP contribution is -2.34. The molecule has 0 aliphatic heterocycles. The van der Waals surface area contributed by atoms with Crippen LogP contribution in [0.2, 0.25) is 0 Å². The molecule has 0 unspecified atom stereocenters. The van der Waals surface area contributed by atoms with Crippen molar-refractivity contribution in [1.82, 2.24) is 5.32 Å². The molecule has 2 aromatic rings. The van der Waals surface area contributed by atoms with E-state index in [2.05, 4.69) is 15.4 Å². The van der Waals surface area contributed by atoms with Gasteiger partial charge in [0.25, 0.3) is 5.91 Å². The van der Waals surface area contributed by atoms with Crippen LogP contribution in [0.3, 0.4) is 0 Å². The summed E-state index contributed by atoms with van der Waals surface area (Å²) in [6, 6.07) is 12.0. The van der Waals surface area contributed by atoms with Gasteiger partial charge in [-0.2, -0.15) is 0 Å². The van der Waals surface area contributed by atoms with Gasteiger partial charge >= 0.3 is 6.36 Å². The average molecular weight is 378 g/mol. The fourth-order valence-corrected chi connectivity index (χ4v) is 2.80. The lowest BCUT2D eigenvalue weighted by atomic mass is 10.0. The van der Waals surface area contributed by atoms with E-state index in [0.717, 1.165) is 0 Å². The van der Waals surface area contributed by atoms with Gasteiger partial charge < -0.3 is 15.4 Å². The highest BCUT2D eigenvalue weighted by atomic mass is 19.4. The van der Waals surface area contributed by atoms with Crippen molar-refractivity contribution in [3.05, 3.63) is 59.7 Å². The maximum absolute atomic E-state index is 12.5. The van der Waals surface area contributed by atoms with E-state index in [0.29, 0.717) is 29.7 Å². The van der Waals surface area contributed by atoms with Gasteiger partial charge in [-0.3, -0.25) is 9.59 Å². The Kier molecular flexibility index (Phi) is 4.82. The predicted molar refractivity (Wildman–Crippen MR) is 92.2 cm³/mol. The Bertz CT molecular complexity index is 859. The van der Waals surface area contributed by atoms with Crippen LogP contribution >= 0.6 is 0 Å². The monoisotopic (exact) mass is 378 g/mol. The van der Waals surface area contributed by atoms with Gasteiger partial charge in [-0.15, -0.1) is 13.2 Å². The minimum absolute atomic E-state index is 0.218. The van der Waals surface area contributed by atoms with Gasteiger partial charge in [0.1, 0.15) is 5.75 Å². The molecular weight excluding hydrogens is 361 g/mol. The summed E-state index contributed by atoms with van der Waals surface area (Å²) in [5, 5.41) is 5.49. The number of nitrogens with one attached hydrogen (secondary N) is 2. The Morgan fingerprint density at radius 1 is 1.07 bits per heavy atom. The third-order valence-corrected chi connectivity index (χ3v) is 4.19. The molecular formula is C19H17F3N2O3. The van der Waals surface area contributed by atoms with E-state index < -0.39 is 11.9 Å². The zero-order valence-electron chi connectivity index (χ0n) is 14.4. The number of carbonyl (C=O) groups is 2. The summed E-state index contributed by atoms with van der Waals surface area (Å²) in [7, 11) is 0. The fraction of sp³-hybridized carbons (Fsp3) is 0.263. The highest BCUT2D eigenvalue weighted by molar-refractivity contribution is 5.96. The molecule has 0 aromatic heterocycles. The number of ether oxygens (including phenoxy) is 1. The third-order valence-electron chi connectivity index (χ3n) is 4.19. The zero-order chi connectivity index (χ0) is 19.7. The molecule has 1 aliphatic rings. The zero-order valence-corrected chi connectivity index (χ0v) is 14.4. The number of anilines is 1. The van der Waals surface area contributed by atoms with Crippen molar-refractivity contribution in [1.29, 1.82) is 0 Å². The van der Waals surface area contributed by atoms with Gasteiger partial charge in [-0.05, 0) is 54.8 Å². The molecule has 1 fully saturated rings. The molecule has 0 radical (unpaired) electrons. The van der Waals surface area contributed by atoms with Crippen LogP contribution in [0.5, 0.6) is 5.75 Å². The molecule has 0 saturated heterocycles. The maximum Gasteiger partial charge on any atom is 0.573 e. The van der Waals surface area contributed by atoms with Crippen LogP contribution in [-0.4, -0.2) is 18.2 Å². The molecule has 5 nitrogen and oxygen atoms in total. The van der Waals surface area contributed by atoms with Crippen LogP contribution in [0, 0.1) is 0 Å². The van der Waals surface area contributed by atoms with Crippen LogP contribution in [-0.2, 0) is 10.3 Å². The summed E-state index contributed by atoms with van der Waals surface area (Å²) in [6.07, 6.45) is -3.52. The first-order chi connectivity index (χ1) is 12.7. The topological polar surface area (TPSA) is 67.4 Å². The first-order valence-electron chi connectivity index (χ1n) is 8.23. The van der Waals surface area contributed by atoms with E-state index in [1.54, 1.807) is 30.3 Å². The second-order valence-electron chi connectivity index (χ2n) is 6.37. The molecule has 2 amide bonds. The van der Waals surface area contributed by atoms with E-state index in [9.17, 15) is 22.8 Å². The lowest BCUT2D eigenvalue weighted by Gasteiger charge is -2.19. The first-order valence-corrected chi connectivity index (χ1v) is 8.23. The average Bonchev–Trinajstić information content (AvgIpc) is 3.34. The van der Waals surface area contributed by atoms with Crippen molar-refractivity contribution in [3.63, 3.8) is 0 Å². The van der Waals surface area contributed by atoms with Crippen molar-refractivity contribution in [2.75, 3.05) is 5.32 Å². The van der Waals surface area contributed by atoms with Crippen LogP contribution in [0.1, 0.15) is 35.7 Å². The summed E-state index contributed by atoms with van der Waals surface area (Å²) in [5.41, 5.74) is 0.820. The van der Waals surface area contributed by atoms with Gasteiger partial charge in [0, 0.05) is 18.2 Å². The quantitative estimate of drug-likeness (QED) is 0.828. The van der Waals surface area contributed by atoms with E-state index in [4.69, 9.17) is 0 Å². The second kappa shape index (κ2) is 6.94. The summed E-state index contributed by atoms with van der Waals surface area (Å²) >= 11 is 0. The van der Waals surface area contributed by atoms with E-state index in [1.165, 1.54) is 25.1 Å². The highest BCUT2D eigenvalue weighted by Gasteiger charge is 2.46. The van der Waals surface area contributed by atoms with Crippen molar-refractivity contribution < 1.29 is 27.5 Å². The second-order valence-corrected chi connectivity index (χ2v) is 6.37. The number of hydrogen-bond acceptors (Lipinski definition) is 3. The Labute approximate surface area is 153 Å². The maximum atomic E-state index is 12.5. The number of alkyl halides is 3. The number of benzene rings is 2. The van der Waals surface area contributed by atoms with Gasteiger partial charge in [-0.1, -0.05) is 12.1 Å². The van der Waals surface area contributed by atoms with Crippen LogP contribution in [0.4, 0.5) is 18.9 Å². The highest BCUT2D eigenvalue weighted by Crippen LogP contribution is 2.46. The lowest BCUT2D eigenvalue weighted by molar-refractivity contribution is -0.274. The third kappa shape index (κ3) is 4.78. The molecule has 142 valence electrons. The minimum Gasteiger partial charge on any atom is -0.406 e. The van der Waals surface area contributed by atoms with Gasteiger partial charge in [0.15, 0.2) is 0 Å². The molecule has 0 heterocycles. The molecule has 2 aromatic carbocycles. The number of hydrogen-bond donors (Lipinski definition) is 2. The molecule has 1 aliphatic carbocycles. The predicted octanol–water partition coefficient (Wildman–Crippen LogP) is 3.96. The molecule has 0 atom stereocenters. The fourth-order valence-electron chi connectivity index (χ4n) is 2.80. The Hall–Kier alpha value is -3.03. The van der Waals surface area contributed by atoms with Crippen LogP contribution in [0.15, 0.2) is 48.5 Å². The van der Waals surface area contributed by atoms with Crippen molar-refractivity contribution in [2.45, 2.75) is 31.7 Å². The smallest absolute Gasteiger partial charge is 0.406 e. The number of amides is 2. The van der Waals surface area contributed by atoms with Crippen LogP contribution < -0.4 is 15.4 Å². The van der Waals surface area contributed by atoms with Crippen molar-refractivity contribution >= 4 is 17.5 Å². The molecule has 27 heavy (non-hydrogen) atoms. The van der Waals surface area contributed by atoms with Crippen LogP contribution in [0.25, 0.3) is 0 Å². The normalized spacial score (nSPS) is 15.0. The Morgan fingerprint density at radius 2 is 1.74 bits per heavy atom. The minimum atomic E-state index is -4.77. The van der Waals surface area contributed by atoms with Gasteiger partial charge in [-0.25, -0.2) is 0 Å². The summed E-state index contributed by atoms with van der Waals surface area (Å²) in [5.74, 6) is -0.880. The summed E-state index contributed by atoms with van der Waals surface area (Å²) in [4.78, 5) is 23.5. The molecule has 0 spiro atoms. The largest absolute Gasteiger partial charge is 0.573 e. The van der Waals surface area contributed by atoms with E-state index in [-0.39, 0.29) is 17.6 Å². The SMILES string of the molecule is CC(=O)Nc1ccc(C(=O)NC2(c3cccc(OC(F)(F)F)c3)CC2)cc1. The van der Waals surface area contributed by atoms with E-state index >= 15 is 0 Å². The van der Waals surface area contributed by atoms with Gasteiger partial charge in [0.05, 0.1) is 5.54 Å². The van der Waals surface area contributed by atoms with Crippen molar-refractivity contribution in [2.24, 2.45) is 0 Å². The molecule has 0 bridgehead atoms. The van der Waals surface area contributed by atoms with Crippen molar-refractivity contribution in [3.8, 4) is 5.75 Å². The molecule has 8 heteroatoms. The number of halogens is 3. The van der Waals surface area contributed by atoms with Gasteiger partial charge in [0.2, 0.25) is 5.91 Å². The number of rotatable bonds is 5. The standard InChI is InChI=1S/C19H17F3N2O3/c1-12(25)23-15-7-5-13(6-8-15)17(26)24-18(9-10-18)14-3-2-4-16(11-14)27-19(20,21)22/h2-8,11H,9-10H2,1H3,(H,23,25)(H,24,26). The van der Waals surface area contributed by atoms with E-state index in [1.807, 2.05) is 0 Å². The molecule has 1 saturated carbocycles. The molecule has 3 rings (SSSR count). The Balaban J connectivity index is 1.72. The summed E-state index contributed by atoms with van der Waals surface area (Å²) in [6.45, 7) is 1.38.